The van der Waals surface area contributed by atoms with E-state index in [1.165, 1.54) is 6.07 Å². The molecule has 0 saturated carbocycles. The number of ether oxygens (including phenoxy) is 1. The third-order valence-corrected chi connectivity index (χ3v) is 3.28. The van der Waals surface area contributed by atoms with Gasteiger partial charge in [-0.3, -0.25) is 0 Å². The van der Waals surface area contributed by atoms with Crippen molar-refractivity contribution in [3.8, 4) is 17.6 Å². The number of hydrogen-bond acceptors (Lipinski definition) is 3. The number of rotatable bonds is 3. The van der Waals surface area contributed by atoms with Crippen LogP contribution in [0.15, 0.2) is 30.3 Å². The molecule has 4 heteroatoms. The van der Waals surface area contributed by atoms with Crippen LogP contribution in [-0.2, 0) is 0 Å². The fourth-order valence-electron chi connectivity index (χ4n) is 1.98. The van der Waals surface area contributed by atoms with Gasteiger partial charge in [0.15, 0.2) is 0 Å². The summed E-state index contributed by atoms with van der Waals surface area (Å²) in [5.41, 5.74) is 2.14. The van der Waals surface area contributed by atoms with Crippen LogP contribution in [0.4, 0.5) is 4.39 Å². The second kappa shape index (κ2) is 5.94. The number of halogens is 1. The van der Waals surface area contributed by atoms with Crippen LogP contribution in [0, 0.1) is 31.0 Å². The zero-order chi connectivity index (χ0) is 15.6. The molecule has 0 saturated heterocycles. The largest absolute Gasteiger partial charge is 0.457 e. The Morgan fingerprint density at radius 1 is 1.14 bits per heavy atom. The summed E-state index contributed by atoms with van der Waals surface area (Å²) in [6.07, 6.45) is -0.852. The number of aliphatic hydroxyl groups excluding tert-OH is 1. The second-order valence-corrected chi connectivity index (χ2v) is 5.01. The van der Waals surface area contributed by atoms with Gasteiger partial charge in [-0.1, -0.05) is 6.07 Å². The number of aryl methyl sites for hydroxylation is 2. The van der Waals surface area contributed by atoms with Crippen molar-refractivity contribution >= 4 is 0 Å². The maximum Gasteiger partial charge on any atom is 0.133 e. The van der Waals surface area contributed by atoms with Crippen LogP contribution in [0.25, 0.3) is 0 Å². The standard InChI is InChI=1S/C17H16FNO2/c1-10-4-5-13(9-19)7-16(10)21-17-6-11(2)15(18)8-14(17)12(3)20/h4-8,12,20H,1-3H3/t12-/m0/s1. The lowest BCUT2D eigenvalue weighted by Crippen LogP contribution is -2.00. The summed E-state index contributed by atoms with van der Waals surface area (Å²) in [7, 11) is 0. The van der Waals surface area contributed by atoms with Gasteiger partial charge in [0.2, 0.25) is 0 Å². The Bertz CT molecular complexity index is 717. The molecular weight excluding hydrogens is 269 g/mol. The molecule has 0 spiro atoms. The van der Waals surface area contributed by atoms with Crippen molar-refractivity contribution in [1.82, 2.24) is 0 Å². The lowest BCUT2D eigenvalue weighted by atomic mass is 10.1. The van der Waals surface area contributed by atoms with Crippen molar-refractivity contribution in [3.63, 3.8) is 0 Å². The van der Waals surface area contributed by atoms with E-state index in [1.807, 2.05) is 13.0 Å². The van der Waals surface area contributed by atoms with Crippen molar-refractivity contribution in [2.75, 3.05) is 0 Å². The average molecular weight is 285 g/mol. The van der Waals surface area contributed by atoms with Gasteiger partial charge in [-0.2, -0.15) is 5.26 Å². The normalized spacial score (nSPS) is 11.8. The molecule has 21 heavy (non-hydrogen) atoms. The molecule has 0 fully saturated rings. The highest BCUT2D eigenvalue weighted by Crippen LogP contribution is 2.33. The predicted molar refractivity (Wildman–Crippen MR) is 77.7 cm³/mol. The Kier molecular flexibility index (Phi) is 4.25. The van der Waals surface area contributed by atoms with Crippen LogP contribution in [0.2, 0.25) is 0 Å². The molecule has 2 rings (SSSR count). The van der Waals surface area contributed by atoms with Gasteiger partial charge in [-0.05, 0) is 56.2 Å². The van der Waals surface area contributed by atoms with Crippen LogP contribution < -0.4 is 4.74 Å². The molecule has 0 bridgehead atoms. The minimum Gasteiger partial charge on any atom is -0.457 e. The Labute approximate surface area is 123 Å². The first-order valence-electron chi connectivity index (χ1n) is 6.59. The van der Waals surface area contributed by atoms with E-state index in [1.54, 1.807) is 38.1 Å². The molecular formula is C17H16FNO2. The zero-order valence-electron chi connectivity index (χ0n) is 12.1. The molecule has 0 aliphatic heterocycles. The molecule has 3 nitrogen and oxygen atoms in total. The van der Waals surface area contributed by atoms with Gasteiger partial charge in [0, 0.05) is 5.56 Å². The fraction of sp³-hybridized carbons (Fsp3) is 0.235. The van der Waals surface area contributed by atoms with Crippen molar-refractivity contribution in [2.24, 2.45) is 0 Å². The Balaban J connectivity index is 2.49. The molecule has 0 aromatic heterocycles. The summed E-state index contributed by atoms with van der Waals surface area (Å²) in [5, 5.41) is 18.7. The lowest BCUT2D eigenvalue weighted by Gasteiger charge is -2.16. The van der Waals surface area contributed by atoms with Gasteiger partial charge in [0.05, 0.1) is 17.7 Å². The minimum atomic E-state index is -0.852. The summed E-state index contributed by atoms with van der Waals surface area (Å²) in [5.74, 6) is 0.518. The van der Waals surface area contributed by atoms with Crippen molar-refractivity contribution in [2.45, 2.75) is 26.9 Å². The number of nitrogens with zero attached hydrogens (tertiary/aromatic N) is 1. The first-order valence-corrected chi connectivity index (χ1v) is 6.59. The Morgan fingerprint density at radius 2 is 1.86 bits per heavy atom. The highest BCUT2D eigenvalue weighted by atomic mass is 19.1. The number of nitriles is 1. The van der Waals surface area contributed by atoms with Gasteiger partial charge in [0.1, 0.15) is 17.3 Å². The molecule has 0 radical (unpaired) electrons. The molecule has 2 aromatic rings. The Morgan fingerprint density at radius 3 is 2.48 bits per heavy atom. The summed E-state index contributed by atoms with van der Waals surface area (Å²) in [4.78, 5) is 0. The highest BCUT2D eigenvalue weighted by Gasteiger charge is 2.14. The maximum atomic E-state index is 13.6. The predicted octanol–water partition coefficient (Wildman–Crippen LogP) is 4.16. The number of aliphatic hydroxyl groups is 1. The fourth-order valence-corrected chi connectivity index (χ4v) is 1.98. The molecule has 1 atom stereocenters. The minimum absolute atomic E-state index is 0.375. The van der Waals surface area contributed by atoms with E-state index in [-0.39, 0.29) is 5.82 Å². The molecule has 2 aromatic carbocycles. The van der Waals surface area contributed by atoms with E-state index >= 15 is 0 Å². The zero-order valence-corrected chi connectivity index (χ0v) is 12.1. The summed E-state index contributed by atoms with van der Waals surface area (Å²) in [6, 6.07) is 9.99. The Hall–Kier alpha value is -2.38. The molecule has 0 amide bonds. The SMILES string of the molecule is Cc1cc(Oc2cc(C#N)ccc2C)c([C@H](C)O)cc1F. The number of benzene rings is 2. The van der Waals surface area contributed by atoms with Gasteiger partial charge >= 0.3 is 0 Å². The summed E-state index contributed by atoms with van der Waals surface area (Å²) >= 11 is 0. The summed E-state index contributed by atoms with van der Waals surface area (Å²) < 4.78 is 19.4. The summed E-state index contributed by atoms with van der Waals surface area (Å²) in [6.45, 7) is 5.04. The van der Waals surface area contributed by atoms with Gasteiger partial charge in [0.25, 0.3) is 0 Å². The van der Waals surface area contributed by atoms with E-state index in [4.69, 9.17) is 10.00 Å². The third kappa shape index (κ3) is 3.21. The molecule has 0 aliphatic carbocycles. The van der Waals surface area contributed by atoms with E-state index in [0.717, 1.165) is 5.56 Å². The molecule has 0 heterocycles. The molecule has 1 N–H and O–H groups in total. The van der Waals surface area contributed by atoms with Gasteiger partial charge < -0.3 is 9.84 Å². The van der Waals surface area contributed by atoms with Crippen LogP contribution in [0.5, 0.6) is 11.5 Å². The molecule has 0 aliphatic rings. The lowest BCUT2D eigenvalue weighted by molar-refractivity contribution is 0.195. The first kappa shape index (κ1) is 15.0. The van der Waals surface area contributed by atoms with E-state index < -0.39 is 6.10 Å². The van der Waals surface area contributed by atoms with E-state index in [2.05, 4.69) is 0 Å². The van der Waals surface area contributed by atoms with Crippen LogP contribution in [-0.4, -0.2) is 5.11 Å². The quantitative estimate of drug-likeness (QED) is 0.921. The smallest absolute Gasteiger partial charge is 0.133 e. The van der Waals surface area contributed by atoms with Crippen molar-refractivity contribution < 1.29 is 14.2 Å². The van der Waals surface area contributed by atoms with E-state index in [0.29, 0.717) is 28.2 Å². The van der Waals surface area contributed by atoms with E-state index in [9.17, 15) is 9.50 Å². The van der Waals surface area contributed by atoms with Crippen molar-refractivity contribution in [1.29, 1.82) is 5.26 Å². The van der Waals surface area contributed by atoms with Gasteiger partial charge in [-0.25, -0.2) is 4.39 Å². The van der Waals surface area contributed by atoms with Crippen LogP contribution in [0.3, 0.4) is 0 Å². The maximum absolute atomic E-state index is 13.6. The monoisotopic (exact) mass is 285 g/mol. The number of hydrogen-bond donors (Lipinski definition) is 1. The van der Waals surface area contributed by atoms with Crippen molar-refractivity contribution in [3.05, 3.63) is 58.4 Å². The van der Waals surface area contributed by atoms with Gasteiger partial charge in [-0.15, -0.1) is 0 Å². The molecule has 108 valence electrons. The molecule has 0 unspecified atom stereocenters. The second-order valence-electron chi connectivity index (χ2n) is 5.01. The first-order chi connectivity index (χ1) is 9.92. The van der Waals surface area contributed by atoms with Crippen LogP contribution in [0.1, 0.15) is 35.3 Å². The van der Waals surface area contributed by atoms with Crippen LogP contribution >= 0.6 is 0 Å². The average Bonchev–Trinajstić information content (AvgIpc) is 2.44. The third-order valence-electron chi connectivity index (χ3n) is 3.28. The highest BCUT2D eigenvalue weighted by molar-refractivity contribution is 5.47. The topological polar surface area (TPSA) is 53.2 Å².